The van der Waals surface area contributed by atoms with E-state index in [1.54, 1.807) is 0 Å². The first-order chi connectivity index (χ1) is 9.42. The predicted molar refractivity (Wildman–Crippen MR) is 87.2 cm³/mol. The van der Waals surface area contributed by atoms with Gasteiger partial charge in [-0.3, -0.25) is 0 Å². The Kier molecular flexibility index (Phi) is 5.60. The van der Waals surface area contributed by atoms with Gasteiger partial charge in [0.25, 0.3) is 0 Å². The lowest BCUT2D eigenvalue weighted by molar-refractivity contribution is 0.547. The van der Waals surface area contributed by atoms with E-state index in [-0.39, 0.29) is 12.4 Å². The number of hydrogen-bond donors (Lipinski definition) is 2. The van der Waals surface area contributed by atoms with E-state index >= 15 is 0 Å². The molecule has 2 aromatic carbocycles. The Hall–Kier alpha value is -1.35. The highest BCUT2D eigenvalue weighted by Crippen LogP contribution is 2.19. The maximum absolute atomic E-state index is 3.59. The van der Waals surface area contributed by atoms with Crippen molar-refractivity contribution in [2.75, 3.05) is 13.1 Å². The Bertz CT molecular complexity index is 504. The maximum Gasteiger partial charge on any atom is 0.0208 e. The van der Waals surface area contributed by atoms with Crippen LogP contribution in [0, 0.1) is 0 Å². The summed E-state index contributed by atoms with van der Waals surface area (Å²) in [6.07, 6.45) is 1.24. The summed E-state index contributed by atoms with van der Waals surface area (Å²) in [4.78, 5) is 0. The Morgan fingerprint density at radius 3 is 2.30 bits per heavy atom. The molecule has 3 rings (SSSR count). The van der Waals surface area contributed by atoms with Gasteiger partial charge in [0, 0.05) is 19.1 Å². The molecule has 1 fully saturated rings. The second-order valence-corrected chi connectivity index (χ2v) is 5.13. The highest BCUT2D eigenvalue weighted by molar-refractivity contribution is 5.85. The molecule has 3 heteroatoms. The molecule has 0 saturated carbocycles. The van der Waals surface area contributed by atoms with Gasteiger partial charge in [-0.1, -0.05) is 54.6 Å². The summed E-state index contributed by atoms with van der Waals surface area (Å²) in [6.45, 7) is 3.20. The molecular formula is C17H21ClN2. The molecule has 1 heterocycles. The molecule has 1 aliphatic rings. The van der Waals surface area contributed by atoms with Gasteiger partial charge < -0.3 is 10.6 Å². The van der Waals surface area contributed by atoms with Gasteiger partial charge in [0.2, 0.25) is 0 Å². The minimum Gasteiger partial charge on any atom is -0.315 e. The van der Waals surface area contributed by atoms with Crippen LogP contribution in [-0.2, 0) is 6.54 Å². The summed E-state index contributed by atoms with van der Waals surface area (Å²) in [5.41, 5.74) is 3.92. The van der Waals surface area contributed by atoms with Gasteiger partial charge in [-0.05, 0) is 29.7 Å². The van der Waals surface area contributed by atoms with Crippen LogP contribution in [0.5, 0.6) is 0 Å². The van der Waals surface area contributed by atoms with Gasteiger partial charge >= 0.3 is 0 Å². The monoisotopic (exact) mass is 288 g/mol. The van der Waals surface area contributed by atoms with Crippen LogP contribution in [0.3, 0.4) is 0 Å². The molecule has 2 aromatic rings. The molecule has 0 bridgehead atoms. The van der Waals surface area contributed by atoms with Crippen LogP contribution in [0.15, 0.2) is 54.6 Å². The summed E-state index contributed by atoms with van der Waals surface area (Å²) in [5, 5.41) is 6.97. The van der Waals surface area contributed by atoms with Crippen LogP contribution < -0.4 is 10.6 Å². The van der Waals surface area contributed by atoms with Crippen LogP contribution in [0.25, 0.3) is 11.1 Å². The highest BCUT2D eigenvalue weighted by Gasteiger charge is 2.12. The summed E-state index contributed by atoms with van der Waals surface area (Å²) < 4.78 is 0. The quantitative estimate of drug-likeness (QED) is 0.903. The molecule has 0 aliphatic carbocycles. The molecule has 0 radical (unpaired) electrons. The second-order valence-electron chi connectivity index (χ2n) is 5.13. The van der Waals surface area contributed by atoms with Gasteiger partial charge in [0.15, 0.2) is 0 Å². The van der Waals surface area contributed by atoms with Crippen molar-refractivity contribution in [1.29, 1.82) is 0 Å². The van der Waals surface area contributed by atoms with Gasteiger partial charge in [0.1, 0.15) is 0 Å². The molecule has 1 atom stereocenters. The van der Waals surface area contributed by atoms with Crippen molar-refractivity contribution in [2.24, 2.45) is 0 Å². The summed E-state index contributed by atoms with van der Waals surface area (Å²) in [6, 6.07) is 20.0. The summed E-state index contributed by atoms with van der Waals surface area (Å²) in [7, 11) is 0. The Balaban J connectivity index is 0.00000147. The molecule has 20 heavy (non-hydrogen) atoms. The molecule has 0 spiro atoms. The van der Waals surface area contributed by atoms with Gasteiger partial charge in [-0.25, -0.2) is 0 Å². The third-order valence-corrected chi connectivity index (χ3v) is 3.72. The van der Waals surface area contributed by atoms with Gasteiger partial charge in [0.05, 0.1) is 0 Å². The third kappa shape index (κ3) is 3.83. The Labute approximate surface area is 127 Å². The third-order valence-electron chi connectivity index (χ3n) is 3.72. The lowest BCUT2D eigenvalue weighted by atomic mass is 10.0. The van der Waals surface area contributed by atoms with Crippen molar-refractivity contribution in [3.05, 3.63) is 60.2 Å². The van der Waals surface area contributed by atoms with E-state index in [9.17, 15) is 0 Å². The molecule has 2 N–H and O–H groups in total. The van der Waals surface area contributed by atoms with Crippen molar-refractivity contribution in [3.63, 3.8) is 0 Å². The average molecular weight is 289 g/mol. The highest BCUT2D eigenvalue weighted by atomic mass is 35.5. The van der Waals surface area contributed by atoms with Crippen LogP contribution in [0.2, 0.25) is 0 Å². The number of halogens is 1. The van der Waals surface area contributed by atoms with E-state index in [0.717, 1.165) is 19.6 Å². The van der Waals surface area contributed by atoms with Crippen LogP contribution in [-0.4, -0.2) is 19.1 Å². The smallest absolute Gasteiger partial charge is 0.0208 e. The molecule has 0 aromatic heterocycles. The van der Waals surface area contributed by atoms with Gasteiger partial charge in [-0.2, -0.15) is 0 Å². The minimum absolute atomic E-state index is 0. The number of rotatable bonds is 4. The normalized spacial score (nSPS) is 17.7. The van der Waals surface area contributed by atoms with Gasteiger partial charge in [-0.15, -0.1) is 12.4 Å². The fourth-order valence-electron chi connectivity index (χ4n) is 2.54. The zero-order valence-electron chi connectivity index (χ0n) is 11.5. The molecule has 0 amide bonds. The lowest BCUT2D eigenvalue weighted by Crippen LogP contribution is -2.30. The topological polar surface area (TPSA) is 24.1 Å². The second kappa shape index (κ2) is 7.44. The van der Waals surface area contributed by atoms with Crippen molar-refractivity contribution < 1.29 is 0 Å². The fourth-order valence-corrected chi connectivity index (χ4v) is 2.54. The largest absolute Gasteiger partial charge is 0.315 e. The lowest BCUT2D eigenvalue weighted by Gasteiger charge is -2.11. The molecule has 106 valence electrons. The van der Waals surface area contributed by atoms with Crippen molar-refractivity contribution in [2.45, 2.75) is 19.0 Å². The van der Waals surface area contributed by atoms with E-state index < -0.39 is 0 Å². The number of nitrogens with one attached hydrogen (secondary N) is 2. The zero-order valence-corrected chi connectivity index (χ0v) is 12.3. The van der Waals surface area contributed by atoms with Crippen molar-refractivity contribution in [3.8, 4) is 11.1 Å². The molecule has 1 aliphatic heterocycles. The van der Waals surface area contributed by atoms with E-state index in [0.29, 0.717) is 6.04 Å². The van der Waals surface area contributed by atoms with E-state index in [1.807, 2.05) is 0 Å². The maximum atomic E-state index is 3.59. The molecule has 2 nitrogen and oxygen atoms in total. The average Bonchev–Trinajstić information content (AvgIpc) is 3.00. The molecule has 0 unspecified atom stereocenters. The number of benzene rings is 2. The molecule has 1 saturated heterocycles. The van der Waals surface area contributed by atoms with Crippen LogP contribution in [0.4, 0.5) is 0 Å². The standard InChI is InChI=1S/C17H20N2.ClH/c1-2-4-15(5-3-1)16-8-6-14(7-9-16)12-19-17-10-11-18-13-17;/h1-9,17-19H,10-13H2;1H/t17-;/m1./s1. The minimum atomic E-state index is 0. The van der Waals surface area contributed by atoms with Crippen LogP contribution in [0.1, 0.15) is 12.0 Å². The van der Waals surface area contributed by atoms with E-state index in [4.69, 9.17) is 0 Å². The summed E-state index contributed by atoms with van der Waals surface area (Å²) >= 11 is 0. The molecular weight excluding hydrogens is 268 g/mol. The van der Waals surface area contributed by atoms with E-state index in [1.165, 1.54) is 23.1 Å². The summed E-state index contributed by atoms with van der Waals surface area (Å²) in [5.74, 6) is 0. The fraction of sp³-hybridized carbons (Fsp3) is 0.294. The van der Waals surface area contributed by atoms with Crippen molar-refractivity contribution >= 4 is 12.4 Å². The SMILES string of the molecule is Cl.c1ccc(-c2ccc(CN[C@@H]3CCNC3)cc2)cc1. The Morgan fingerprint density at radius 2 is 1.65 bits per heavy atom. The number of hydrogen-bond acceptors (Lipinski definition) is 2. The first kappa shape index (κ1) is 15.0. The first-order valence-electron chi connectivity index (χ1n) is 7.00. The zero-order chi connectivity index (χ0) is 12.9. The van der Waals surface area contributed by atoms with E-state index in [2.05, 4.69) is 65.2 Å². The van der Waals surface area contributed by atoms with Crippen LogP contribution >= 0.6 is 12.4 Å². The first-order valence-corrected chi connectivity index (χ1v) is 7.00. The Morgan fingerprint density at radius 1 is 0.950 bits per heavy atom. The predicted octanol–water partition coefficient (Wildman–Crippen LogP) is 3.23. The van der Waals surface area contributed by atoms with Crippen molar-refractivity contribution in [1.82, 2.24) is 10.6 Å².